The third kappa shape index (κ3) is 7.92. The van der Waals surface area contributed by atoms with Crippen molar-refractivity contribution in [2.24, 2.45) is 5.18 Å². The van der Waals surface area contributed by atoms with Gasteiger partial charge in [0.1, 0.15) is 6.04 Å². The molecule has 0 saturated carbocycles. The second-order valence-corrected chi connectivity index (χ2v) is 12.8. The van der Waals surface area contributed by atoms with Gasteiger partial charge in [0.2, 0.25) is 5.91 Å². The Balaban J connectivity index is 1.74. The maximum Gasteiger partial charge on any atom is 0.457 e. The van der Waals surface area contributed by atoms with Crippen LogP contribution >= 0.6 is 0 Å². The van der Waals surface area contributed by atoms with E-state index in [-0.39, 0.29) is 24.2 Å². The summed E-state index contributed by atoms with van der Waals surface area (Å²) in [6.07, 6.45) is 8.55. The molecule has 0 aromatic heterocycles. The highest BCUT2D eigenvalue weighted by molar-refractivity contribution is 6.45. The van der Waals surface area contributed by atoms with Crippen LogP contribution in [0.3, 0.4) is 0 Å². The van der Waals surface area contributed by atoms with E-state index in [2.05, 4.69) is 81.2 Å². The summed E-state index contributed by atoms with van der Waals surface area (Å²) >= 11 is 0. The van der Waals surface area contributed by atoms with Gasteiger partial charge in [-0.3, -0.25) is 9.69 Å². The van der Waals surface area contributed by atoms with Crippen molar-refractivity contribution < 1.29 is 14.1 Å². The number of hydrogen-bond donors (Lipinski definition) is 1. The Labute approximate surface area is 237 Å². The van der Waals surface area contributed by atoms with Crippen molar-refractivity contribution in [3.8, 4) is 0 Å². The van der Waals surface area contributed by atoms with Crippen molar-refractivity contribution in [2.45, 2.75) is 148 Å². The van der Waals surface area contributed by atoms with Gasteiger partial charge >= 0.3 is 7.12 Å². The molecule has 3 rings (SSSR count). The molecule has 0 bridgehead atoms. The Morgan fingerprint density at radius 2 is 1.77 bits per heavy atom. The van der Waals surface area contributed by atoms with Crippen LogP contribution in [0.1, 0.15) is 111 Å². The number of nitroso groups, excluding NO2 is 1. The number of carbonyl (C=O) groups is 1. The largest absolute Gasteiger partial charge is 0.457 e. The molecule has 3 unspecified atom stereocenters. The Hall–Kier alpha value is -1.77. The lowest BCUT2D eigenvalue weighted by Gasteiger charge is -2.42. The van der Waals surface area contributed by atoms with Gasteiger partial charge in [-0.1, -0.05) is 69.0 Å². The highest BCUT2D eigenvalue weighted by Gasteiger charge is 2.50. The molecule has 2 aliphatic heterocycles. The number of fused-ring (bicyclic) bond motifs is 1. The first-order valence-electron chi connectivity index (χ1n) is 15.2. The molecule has 1 N–H and O–H groups in total. The zero-order valence-corrected chi connectivity index (χ0v) is 25.6. The fourth-order valence-corrected chi connectivity index (χ4v) is 6.40. The van der Waals surface area contributed by atoms with Gasteiger partial charge in [0.05, 0.1) is 16.7 Å². The maximum absolute atomic E-state index is 12.6. The van der Waals surface area contributed by atoms with Crippen LogP contribution in [-0.4, -0.2) is 53.3 Å². The minimum atomic E-state index is -0.644. The van der Waals surface area contributed by atoms with Gasteiger partial charge in [-0.25, -0.2) is 0 Å². The van der Waals surface area contributed by atoms with E-state index in [1.165, 1.54) is 11.1 Å². The van der Waals surface area contributed by atoms with Crippen molar-refractivity contribution in [3.05, 3.63) is 40.3 Å². The molecule has 2 heterocycles. The summed E-state index contributed by atoms with van der Waals surface area (Å²) in [7, 11) is -0.231. The molecule has 0 aliphatic carbocycles. The van der Waals surface area contributed by atoms with E-state index in [9.17, 15) is 9.70 Å². The van der Waals surface area contributed by atoms with Gasteiger partial charge < -0.3 is 14.6 Å². The summed E-state index contributed by atoms with van der Waals surface area (Å²) in [5.41, 5.74) is 1.49. The molecule has 3 atom stereocenters. The smallest absolute Gasteiger partial charge is 0.403 e. The summed E-state index contributed by atoms with van der Waals surface area (Å²) in [5.74, 6) is -0.0903. The van der Waals surface area contributed by atoms with Gasteiger partial charge in [0, 0.05) is 19.5 Å². The fraction of sp³-hybridized carbons (Fsp3) is 0.774. The molecule has 218 valence electrons. The number of amides is 1. The number of carbonyl (C=O) groups excluding carboxylic acids is 1. The fourth-order valence-electron chi connectivity index (χ4n) is 6.40. The van der Waals surface area contributed by atoms with E-state index in [4.69, 9.17) is 9.31 Å². The van der Waals surface area contributed by atoms with Crippen LogP contribution in [0, 0.1) is 4.91 Å². The average Bonchev–Trinajstić information content (AvgIpc) is 3.10. The molecule has 1 aromatic rings. The van der Waals surface area contributed by atoms with Crippen molar-refractivity contribution >= 4 is 13.0 Å². The number of nitrogens with one attached hydrogen (secondary N) is 1. The third-order valence-corrected chi connectivity index (χ3v) is 9.43. The van der Waals surface area contributed by atoms with E-state index >= 15 is 0 Å². The second kappa shape index (κ2) is 13.7. The quantitative estimate of drug-likeness (QED) is 0.152. The Morgan fingerprint density at radius 1 is 1.10 bits per heavy atom. The average molecular weight is 542 g/mol. The van der Waals surface area contributed by atoms with Gasteiger partial charge in [-0.05, 0) is 83.8 Å². The predicted molar refractivity (Wildman–Crippen MR) is 160 cm³/mol. The van der Waals surface area contributed by atoms with Crippen LogP contribution in [0.2, 0.25) is 6.32 Å². The van der Waals surface area contributed by atoms with Crippen molar-refractivity contribution in [2.75, 3.05) is 6.54 Å². The molecular formula is C31H52BN3O4. The first-order chi connectivity index (χ1) is 18.5. The molecule has 1 aromatic carbocycles. The summed E-state index contributed by atoms with van der Waals surface area (Å²) in [5, 5.41) is 6.94. The number of nitrogens with zero attached hydrogens (tertiary/aromatic N) is 2. The van der Waals surface area contributed by atoms with E-state index < -0.39 is 11.6 Å². The van der Waals surface area contributed by atoms with Gasteiger partial charge in [-0.2, -0.15) is 4.91 Å². The maximum atomic E-state index is 12.6. The summed E-state index contributed by atoms with van der Waals surface area (Å²) < 4.78 is 12.4. The number of benzene rings is 1. The minimum absolute atomic E-state index is 0.0903. The molecule has 1 saturated heterocycles. The zero-order chi connectivity index (χ0) is 28.7. The second-order valence-electron chi connectivity index (χ2n) is 12.8. The molecule has 1 amide bonds. The Bertz CT molecular complexity index is 940. The molecule has 39 heavy (non-hydrogen) atoms. The van der Waals surface area contributed by atoms with Crippen molar-refractivity contribution in [1.82, 2.24) is 10.2 Å². The van der Waals surface area contributed by atoms with E-state index in [0.717, 1.165) is 70.8 Å². The summed E-state index contributed by atoms with van der Waals surface area (Å²) in [6, 6.07) is 8.64. The van der Waals surface area contributed by atoms with Crippen LogP contribution in [-0.2, 0) is 27.1 Å². The number of rotatable bonds is 15. The summed E-state index contributed by atoms with van der Waals surface area (Å²) in [6.45, 7) is 16.1. The lowest BCUT2D eigenvalue weighted by Crippen LogP contribution is -2.56. The number of hydrogen-bond acceptors (Lipinski definition) is 6. The highest BCUT2D eigenvalue weighted by atomic mass is 16.7. The van der Waals surface area contributed by atoms with Gasteiger partial charge in [-0.15, -0.1) is 0 Å². The Kier molecular flexibility index (Phi) is 11.2. The monoisotopic (exact) mass is 541 g/mol. The third-order valence-electron chi connectivity index (χ3n) is 9.43. The molecular weight excluding hydrogens is 489 g/mol. The van der Waals surface area contributed by atoms with E-state index in [1.807, 2.05) is 0 Å². The van der Waals surface area contributed by atoms with Crippen molar-refractivity contribution in [1.29, 1.82) is 0 Å². The number of unbranched alkanes of at least 4 members (excludes halogenated alkanes) is 2. The lowest BCUT2D eigenvalue weighted by molar-refractivity contribution is -0.121. The van der Waals surface area contributed by atoms with Crippen LogP contribution in [0.4, 0.5) is 0 Å². The molecule has 2 aliphatic rings. The van der Waals surface area contributed by atoms with Crippen LogP contribution in [0.25, 0.3) is 0 Å². The Morgan fingerprint density at radius 3 is 2.36 bits per heavy atom. The topological polar surface area (TPSA) is 80.2 Å². The van der Waals surface area contributed by atoms with Crippen LogP contribution in [0.15, 0.2) is 29.4 Å². The predicted octanol–water partition coefficient (Wildman–Crippen LogP) is 6.68. The van der Waals surface area contributed by atoms with Crippen LogP contribution in [0.5, 0.6) is 0 Å². The van der Waals surface area contributed by atoms with E-state index in [0.29, 0.717) is 12.5 Å². The summed E-state index contributed by atoms with van der Waals surface area (Å²) in [4.78, 5) is 27.4. The van der Waals surface area contributed by atoms with Gasteiger partial charge in [0.15, 0.2) is 0 Å². The molecule has 0 spiro atoms. The highest BCUT2D eigenvalue weighted by Crippen LogP contribution is 2.39. The normalized spacial score (nSPS) is 22.6. The SMILES string of the molecule is CCCCC(N=O)C(CCCCB1OC(C)(C)C(C)(C)O1)(CCC1Cc2ccccc2CN1CC)NC(C)=O. The molecule has 0 radical (unpaired) electrons. The molecule has 8 heteroatoms. The standard InChI is InChI=1S/C31H52BN3O4/c1-8-10-17-28(34-37)31(33-24(3)36,19-13-14-21-32-38-29(4,5)30(6,7)39-32)20-18-27-22-25-15-11-12-16-26(25)23-35(27)9-2/h11-12,15-16,27-28H,8-10,13-14,17-23H2,1-7H3,(H,33,36). The van der Waals surface area contributed by atoms with Crippen LogP contribution < -0.4 is 5.32 Å². The minimum Gasteiger partial charge on any atom is -0.403 e. The lowest BCUT2D eigenvalue weighted by atomic mass is 9.75. The first-order valence-corrected chi connectivity index (χ1v) is 15.2. The molecule has 1 fully saturated rings. The first kappa shape index (κ1) is 31.8. The van der Waals surface area contributed by atoms with E-state index in [1.54, 1.807) is 6.92 Å². The number of likely N-dealkylation sites (N-methyl/N-ethyl adjacent to an activating group) is 1. The molecule has 7 nitrogen and oxygen atoms in total. The zero-order valence-electron chi connectivity index (χ0n) is 25.6. The van der Waals surface area contributed by atoms with Gasteiger partial charge in [0.25, 0.3) is 0 Å². The van der Waals surface area contributed by atoms with Crippen molar-refractivity contribution in [3.63, 3.8) is 0 Å².